The van der Waals surface area contributed by atoms with Crippen LogP contribution in [0.5, 0.6) is 11.5 Å². The van der Waals surface area contributed by atoms with Crippen molar-refractivity contribution in [2.45, 2.75) is 0 Å². The average Bonchev–Trinajstić information content (AvgIpc) is 3.41. The van der Waals surface area contributed by atoms with Gasteiger partial charge in [0.1, 0.15) is 23.8 Å². The number of anilines is 1. The molecule has 4 aromatic rings. The fourth-order valence-corrected chi connectivity index (χ4v) is 3.16. The van der Waals surface area contributed by atoms with E-state index in [1.807, 2.05) is 18.2 Å². The maximum atomic E-state index is 12.6. The summed E-state index contributed by atoms with van der Waals surface area (Å²) in [6.45, 7) is 0.811. The first-order valence-corrected chi connectivity index (χ1v) is 9.77. The van der Waals surface area contributed by atoms with Gasteiger partial charge in [-0.3, -0.25) is 9.89 Å². The fourth-order valence-electron chi connectivity index (χ4n) is 2.93. The van der Waals surface area contributed by atoms with Crippen molar-refractivity contribution in [2.24, 2.45) is 0 Å². The highest BCUT2D eigenvalue weighted by Gasteiger charge is 2.14. The second-order valence-electron chi connectivity index (χ2n) is 6.58. The highest BCUT2D eigenvalue weighted by molar-refractivity contribution is 6.32. The number of benzene rings is 2. The number of hydrogen-bond acceptors (Lipinski definition) is 6. The Hall–Kier alpha value is -3.56. The van der Waals surface area contributed by atoms with Crippen LogP contribution >= 0.6 is 11.6 Å². The predicted octanol–water partition coefficient (Wildman–Crippen LogP) is 3.89. The van der Waals surface area contributed by atoms with Gasteiger partial charge in [0.2, 0.25) is 0 Å². The van der Waals surface area contributed by atoms with E-state index in [0.717, 1.165) is 16.8 Å². The molecule has 3 N–H and O–H groups in total. The zero-order valence-corrected chi connectivity index (χ0v) is 17.6. The minimum atomic E-state index is -0.349. The van der Waals surface area contributed by atoms with Crippen molar-refractivity contribution in [2.75, 3.05) is 32.8 Å². The Morgan fingerprint density at radius 1 is 1.13 bits per heavy atom. The van der Waals surface area contributed by atoms with Gasteiger partial charge in [0.25, 0.3) is 5.91 Å². The second kappa shape index (κ2) is 9.07. The molecule has 2 aromatic heterocycles. The van der Waals surface area contributed by atoms with Crippen LogP contribution in [0.2, 0.25) is 5.02 Å². The lowest BCUT2D eigenvalue weighted by Crippen LogP contribution is -2.12. The Bertz CT molecular complexity index is 1220. The number of nitrogens with one attached hydrogen (secondary N) is 3. The van der Waals surface area contributed by atoms with Crippen LogP contribution in [-0.2, 0) is 4.74 Å². The molecular formula is C21H20ClN5O4. The maximum absolute atomic E-state index is 12.6. The Labute approximate surface area is 182 Å². The number of hydrogen-bond donors (Lipinski definition) is 3. The number of halogens is 1. The molecule has 4 rings (SSSR count). The summed E-state index contributed by atoms with van der Waals surface area (Å²) < 4.78 is 15.7. The van der Waals surface area contributed by atoms with E-state index >= 15 is 0 Å². The Kier molecular flexibility index (Phi) is 6.06. The molecule has 9 nitrogen and oxygen atoms in total. The number of imidazole rings is 1. The van der Waals surface area contributed by atoms with E-state index in [2.05, 4.69) is 25.5 Å². The largest absolute Gasteiger partial charge is 0.497 e. The van der Waals surface area contributed by atoms with E-state index in [9.17, 15) is 4.79 Å². The van der Waals surface area contributed by atoms with Gasteiger partial charge in [0, 0.05) is 24.8 Å². The highest BCUT2D eigenvalue weighted by atomic mass is 35.5. The molecule has 0 bridgehead atoms. The van der Waals surface area contributed by atoms with Gasteiger partial charge in [-0.15, -0.1) is 0 Å². The van der Waals surface area contributed by atoms with Crippen LogP contribution in [-0.4, -0.2) is 53.5 Å². The SMILES string of the molecule is COCCOc1ccc(C(=O)Nc2cc(-c3nc4cc(OC)ccc4[nH]3)[nH]n2)cc1Cl. The lowest BCUT2D eigenvalue weighted by Gasteiger charge is -2.09. The van der Waals surface area contributed by atoms with Gasteiger partial charge in [-0.2, -0.15) is 5.10 Å². The first-order valence-electron chi connectivity index (χ1n) is 9.39. The molecule has 0 aliphatic carbocycles. The molecule has 0 aliphatic rings. The van der Waals surface area contributed by atoms with E-state index in [-0.39, 0.29) is 5.91 Å². The van der Waals surface area contributed by atoms with Crippen LogP contribution in [0.15, 0.2) is 42.5 Å². The minimum Gasteiger partial charge on any atom is -0.497 e. The van der Waals surface area contributed by atoms with Crippen molar-refractivity contribution in [3.63, 3.8) is 0 Å². The number of nitrogens with zero attached hydrogens (tertiary/aromatic N) is 2. The summed E-state index contributed by atoms with van der Waals surface area (Å²) in [4.78, 5) is 20.3. The Balaban J connectivity index is 1.46. The van der Waals surface area contributed by atoms with Gasteiger partial charge < -0.3 is 24.5 Å². The van der Waals surface area contributed by atoms with E-state index in [4.69, 9.17) is 25.8 Å². The van der Waals surface area contributed by atoms with Crippen LogP contribution in [0.4, 0.5) is 5.82 Å². The quantitative estimate of drug-likeness (QED) is 0.357. The molecule has 0 atom stereocenters. The third kappa shape index (κ3) is 4.62. The monoisotopic (exact) mass is 441 g/mol. The molecule has 0 radical (unpaired) electrons. The molecule has 0 fully saturated rings. The first-order chi connectivity index (χ1) is 15.1. The number of methoxy groups -OCH3 is 2. The molecule has 0 saturated heterocycles. The summed E-state index contributed by atoms with van der Waals surface area (Å²) in [6, 6.07) is 12.1. The van der Waals surface area contributed by atoms with Crippen molar-refractivity contribution in [1.29, 1.82) is 0 Å². The number of rotatable bonds is 8. The van der Waals surface area contributed by atoms with Crippen molar-refractivity contribution < 1.29 is 19.0 Å². The summed E-state index contributed by atoms with van der Waals surface area (Å²) >= 11 is 6.21. The molecule has 0 aliphatic heterocycles. The minimum absolute atomic E-state index is 0.337. The van der Waals surface area contributed by atoms with Crippen LogP contribution in [0, 0.1) is 0 Å². The smallest absolute Gasteiger partial charge is 0.256 e. The number of aromatic nitrogens is 4. The van der Waals surface area contributed by atoms with Crippen LogP contribution in [0.25, 0.3) is 22.6 Å². The number of carbonyl (C=O) groups is 1. The summed E-state index contributed by atoms with van der Waals surface area (Å²) in [7, 11) is 3.19. The van der Waals surface area contributed by atoms with Gasteiger partial charge >= 0.3 is 0 Å². The lowest BCUT2D eigenvalue weighted by molar-refractivity contribution is 0.102. The summed E-state index contributed by atoms with van der Waals surface area (Å²) in [5.74, 6) is 1.81. The molecule has 160 valence electrons. The van der Waals surface area contributed by atoms with Crippen molar-refractivity contribution in [1.82, 2.24) is 20.2 Å². The van der Waals surface area contributed by atoms with Gasteiger partial charge in [0.05, 0.1) is 29.8 Å². The topological polar surface area (TPSA) is 114 Å². The molecule has 2 heterocycles. The number of aromatic amines is 2. The van der Waals surface area contributed by atoms with Gasteiger partial charge in [-0.05, 0) is 30.3 Å². The summed E-state index contributed by atoms with van der Waals surface area (Å²) in [5.41, 5.74) is 2.63. The number of fused-ring (bicyclic) bond motifs is 1. The molecular weight excluding hydrogens is 422 g/mol. The molecule has 2 aromatic carbocycles. The van der Waals surface area contributed by atoms with Crippen LogP contribution < -0.4 is 14.8 Å². The molecule has 10 heteroatoms. The third-order valence-electron chi connectivity index (χ3n) is 4.50. The summed E-state index contributed by atoms with van der Waals surface area (Å²) in [5, 5.41) is 10.1. The average molecular weight is 442 g/mol. The zero-order valence-electron chi connectivity index (χ0n) is 16.9. The van der Waals surface area contributed by atoms with Crippen LogP contribution in [0.1, 0.15) is 10.4 Å². The fraction of sp³-hybridized carbons (Fsp3) is 0.190. The number of carbonyl (C=O) groups excluding carboxylic acids is 1. The number of ether oxygens (including phenoxy) is 3. The van der Waals surface area contributed by atoms with Gasteiger partial charge in [-0.1, -0.05) is 11.6 Å². The van der Waals surface area contributed by atoms with E-state index in [1.165, 1.54) is 0 Å². The maximum Gasteiger partial charge on any atom is 0.256 e. The zero-order chi connectivity index (χ0) is 21.8. The van der Waals surface area contributed by atoms with Gasteiger partial charge in [-0.25, -0.2) is 4.98 Å². The van der Waals surface area contributed by atoms with Gasteiger partial charge in [0.15, 0.2) is 11.6 Å². The van der Waals surface area contributed by atoms with Crippen molar-refractivity contribution >= 4 is 34.4 Å². The van der Waals surface area contributed by atoms with Crippen LogP contribution in [0.3, 0.4) is 0 Å². The molecule has 0 unspecified atom stereocenters. The molecule has 31 heavy (non-hydrogen) atoms. The second-order valence-corrected chi connectivity index (χ2v) is 6.98. The Morgan fingerprint density at radius 2 is 2.00 bits per heavy atom. The van der Waals surface area contributed by atoms with Crippen molar-refractivity contribution in [3.05, 3.63) is 53.1 Å². The number of amides is 1. The highest BCUT2D eigenvalue weighted by Crippen LogP contribution is 2.27. The normalized spacial score (nSPS) is 10.9. The predicted molar refractivity (Wildman–Crippen MR) is 117 cm³/mol. The number of H-pyrrole nitrogens is 2. The first kappa shape index (κ1) is 20.7. The molecule has 0 saturated carbocycles. The molecule has 1 amide bonds. The lowest BCUT2D eigenvalue weighted by atomic mass is 10.2. The van der Waals surface area contributed by atoms with E-state index < -0.39 is 0 Å². The molecule has 0 spiro atoms. The third-order valence-corrected chi connectivity index (χ3v) is 4.80. The summed E-state index contributed by atoms with van der Waals surface area (Å²) in [6.07, 6.45) is 0. The standard InChI is InChI=1S/C21H20ClN5O4/c1-29-7-8-31-18-6-3-12(9-14(18)22)21(28)25-19-11-17(26-27-19)20-23-15-5-4-13(30-2)10-16(15)24-20/h3-6,9-11H,7-8H2,1-2H3,(H,23,24)(H2,25,26,27,28). The Morgan fingerprint density at radius 3 is 2.77 bits per heavy atom. The van der Waals surface area contributed by atoms with Crippen molar-refractivity contribution in [3.8, 4) is 23.0 Å². The van der Waals surface area contributed by atoms with E-state index in [1.54, 1.807) is 38.5 Å². The van der Waals surface area contributed by atoms with E-state index in [0.29, 0.717) is 46.9 Å².